The van der Waals surface area contributed by atoms with Crippen molar-refractivity contribution in [1.29, 1.82) is 0 Å². The summed E-state index contributed by atoms with van der Waals surface area (Å²) in [6.07, 6.45) is 3.73. The van der Waals surface area contributed by atoms with Gasteiger partial charge in [-0.15, -0.1) is 0 Å². The minimum absolute atomic E-state index is 0.0191. The number of benzene rings is 7. The molecule has 133 heavy (non-hydrogen) atoms. The van der Waals surface area contributed by atoms with E-state index in [-0.39, 0.29) is 146 Å². The Morgan fingerprint density at radius 2 is 0.654 bits per heavy atom. The normalized spacial score (nSPS) is 16.3. The second kappa shape index (κ2) is 52.1. The Hall–Kier alpha value is -11.7. The fourth-order valence-corrected chi connectivity index (χ4v) is 17.0. The molecule has 4 amide bonds. The van der Waals surface area contributed by atoms with E-state index in [1.807, 2.05) is 83.1 Å². The van der Waals surface area contributed by atoms with Crippen LogP contribution in [0, 0.1) is 13.8 Å². The predicted octanol–water partition coefficient (Wildman–Crippen LogP) is 11.6. The van der Waals surface area contributed by atoms with E-state index in [1.165, 1.54) is 54.7 Å². The fraction of sp³-hybridized carbons (Fsp3) is 0.355. The van der Waals surface area contributed by atoms with Crippen molar-refractivity contribution in [3.8, 4) is 17.2 Å². The summed E-state index contributed by atoms with van der Waals surface area (Å²) < 4.78 is 2.70. The number of ketones is 4. The Morgan fingerprint density at radius 1 is 0.361 bits per heavy atom. The Labute approximate surface area is 808 Å². The molecule has 8 atom stereocenters. The molecular formula is C93H107Br3Cl3N17O17. The maximum absolute atomic E-state index is 12.6. The van der Waals surface area contributed by atoms with Gasteiger partial charge in [0.15, 0.2) is 47.0 Å². The Kier molecular flexibility index (Phi) is 41.2. The van der Waals surface area contributed by atoms with E-state index in [0.29, 0.717) is 119 Å². The molecule has 0 spiro atoms. The van der Waals surface area contributed by atoms with Crippen LogP contribution in [-0.4, -0.2) is 225 Å². The molecule has 4 unspecified atom stereocenters. The number of pyridine rings is 1. The number of aliphatic carboxylic acids is 1. The summed E-state index contributed by atoms with van der Waals surface area (Å²) in [7, 11) is 0. The first-order valence-electron chi connectivity index (χ1n) is 42.7. The summed E-state index contributed by atoms with van der Waals surface area (Å²) in [5.41, 5.74) is 8.40. The molecule has 4 aliphatic rings. The van der Waals surface area contributed by atoms with Crippen molar-refractivity contribution in [3.05, 3.63) is 230 Å². The van der Waals surface area contributed by atoms with Gasteiger partial charge in [-0.05, 0) is 187 Å². The molecule has 20 N–H and O–H groups in total. The number of guanidine groups is 4. The molecule has 12 rings (SSSR count). The second-order valence-corrected chi connectivity index (χ2v) is 36.1. The lowest BCUT2D eigenvalue weighted by Gasteiger charge is -2.20. The Balaban J connectivity index is 0.000000199. The number of aromatic nitrogens is 1. The van der Waals surface area contributed by atoms with Crippen molar-refractivity contribution < 1.29 is 84.0 Å². The molecule has 4 aliphatic heterocycles. The summed E-state index contributed by atoms with van der Waals surface area (Å²) in [6.45, 7) is 11.8. The lowest BCUT2D eigenvalue weighted by Crippen LogP contribution is -2.42. The zero-order chi connectivity index (χ0) is 96.5. The van der Waals surface area contributed by atoms with Gasteiger partial charge in [0.05, 0.1) is 101 Å². The zero-order valence-corrected chi connectivity index (χ0v) is 80.4. The number of aliphatic hydroxyl groups excluding tert-OH is 4. The van der Waals surface area contributed by atoms with Gasteiger partial charge in [-0.3, -0.25) is 68.1 Å². The predicted molar refractivity (Wildman–Crippen MR) is 524 cm³/mol. The molecular weight excluding hydrogens is 1970 g/mol. The number of carbonyl (C=O) groups excluding carboxylic acids is 8. The number of aryl methyl sites for hydroxylation is 2. The van der Waals surface area contributed by atoms with Crippen LogP contribution in [0.5, 0.6) is 17.2 Å². The molecule has 0 radical (unpaired) electrons. The number of nitrogens with one attached hydrogen (secondary N) is 12. The van der Waals surface area contributed by atoms with E-state index in [2.05, 4.69) is 137 Å². The molecule has 8 aromatic rings. The number of aromatic hydroxyl groups is 3. The van der Waals surface area contributed by atoms with Gasteiger partial charge in [0.1, 0.15) is 17.2 Å². The van der Waals surface area contributed by atoms with Crippen LogP contribution in [0.4, 0.5) is 22.7 Å². The number of Topliss-reactive ketones (excluding diaryl/α,β-unsaturated/α-hetero) is 4. The number of hydrogen-bond acceptors (Lipinski definition) is 29. The number of halogens is 6. The smallest absolute Gasteiger partial charge is 0.303 e. The molecule has 0 saturated heterocycles. The number of amides is 4. The van der Waals surface area contributed by atoms with Crippen molar-refractivity contribution in [2.24, 2.45) is 20.0 Å². The highest BCUT2D eigenvalue weighted by atomic mass is 79.9. The van der Waals surface area contributed by atoms with Crippen molar-refractivity contribution in [2.75, 3.05) is 99.8 Å². The van der Waals surface area contributed by atoms with Crippen LogP contribution in [0.1, 0.15) is 171 Å². The van der Waals surface area contributed by atoms with Crippen LogP contribution in [0.25, 0.3) is 0 Å². The maximum Gasteiger partial charge on any atom is 0.303 e. The molecule has 1 aromatic heterocycles. The number of phenolic OH excluding ortho intramolecular Hbond substituents is 3. The lowest BCUT2D eigenvalue weighted by molar-refractivity contribution is -0.137. The van der Waals surface area contributed by atoms with Gasteiger partial charge in [0.25, 0.3) is 23.6 Å². The van der Waals surface area contributed by atoms with Crippen LogP contribution < -0.4 is 63.8 Å². The molecule has 708 valence electrons. The van der Waals surface area contributed by atoms with Crippen LogP contribution in [0.3, 0.4) is 0 Å². The van der Waals surface area contributed by atoms with E-state index in [0.717, 1.165) is 59.6 Å². The van der Waals surface area contributed by atoms with Crippen molar-refractivity contribution >= 4 is 182 Å². The number of phenols is 3. The summed E-state index contributed by atoms with van der Waals surface area (Å²) >= 11 is 28.7. The van der Waals surface area contributed by atoms with Gasteiger partial charge in [0.2, 0.25) is 0 Å². The number of carboxylic acids is 1. The standard InChI is InChI=1S/C24H27BrN4O6.C24H29ClN4O4.C23H26Cl2N4O4.C22H25Br2N5O3/c1-13-2-14(4-17(25)3-13)15(8-22(33)34)6-20(31)10-26-23(35)16-5-18(9-19(30)7-16)29-24-27-11-21(32)12-28-24;1-3-15(16-4-14(2)5-18(25)6-16)8-21(31)11-26-23(33)17-7-19(10-20(30)9-17)29-24-27-12-22(32)13-28-24;1-2-13(14-3-16(24)8-17(25)4-14)6-20(31)10-26-22(33)15-5-18(9-19(30)7-15)29-23-27-11-21(32)12-28-23;1-2-13(14-3-16(23)7-17(24)4-14)6-19(30)10-26-21(32)15-5-18(9-25-8-15)29-22-27-11-20(31)12-28-22/h2-5,7,9,15,21,30,32H,6,8,10-12H2,1H3,(H,26,35)(H,33,34)(H2,27,28,29);4-7,9-10,15,22,30,32H,3,8,11-13H2,1-2H3,(H,26,33)(H2,27,28,29);3-5,7-9,13,21,30,32H,2,6,10-12H2,1H3,(H,26,33)(H2,27,28,29);3-5,7-9,13,20,31H,2,6,10-12H2,1H3,(H,26,32)(H2,27,28,29)/t2*15-;2*13-/m0111/s1. The number of β-amino-alcohol motifs (C(OH)–C–C–N with tert-alkyl or cyclic N) is 4. The summed E-state index contributed by atoms with van der Waals surface area (Å²) in [5, 5.41) is 113. The highest BCUT2D eigenvalue weighted by Gasteiger charge is 2.26. The largest absolute Gasteiger partial charge is 0.508 e. The molecule has 34 nitrogen and oxygen atoms in total. The van der Waals surface area contributed by atoms with E-state index in [1.54, 1.807) is 42.6 Å². The number of hydrogen-bond donors (Lipinski definition) is 20. The SMILES string of the molecule is CC[C@H](CC(=O)CNC(=O)c1cc(O)cc(NC2=NCC(O)CN2)c1)c1cc(C)cc(Cl)c1.CC[C@H](CC(=O)CNC(=O)c1cc(O)cc(NC2=NCC(O)CN2)c1)c1cc(Cl)cc(Cl)c1.CC[C@H](CC(=O)CNC(=O)c1cncc(NC2=NCC(O)CN2)c1)c1cc(Br)cc(Br)c1.Cc1cc(Br)cc([C@H](CC(=O)O)CC(=O)CNC(=O)c2cc(O)cc(NC3=NCC(O)CN3)c2)c1. The first-order chi connectivity index (χ1) is 63.4. The van der Waals surface area contributed by atoms with E-state index < -0.39 is 54.0 Å². The van der Waals surface area contributed by atoms with E-state index in [4.69, 9.17) is 34.8 Å². The highest BCUT2D eigenvalue weighted by Crippen LogP contribution is 2.34. The lowest BCUT2D eigenvalue weighted by atomic mass is 9.90. The number of aliphatic hydroxyl groups is 4. The molecule has 40 heteroatoms. The van der Waals surface area contributed by atoms with Crippen molar-refractivity contribution in [1.82, 2.24) is 47.5 Å². The fourth-order valence-electron chi connectivity index (χ4n) is 14.2. The van der Waals surface area contributed by atoms with Gasteiger partial charge in [-0.2, -0.15) is 0 Å². The van der Waals surface area contributed by atoms with Crippen molar-refractivity contribution in [3.63, 3.8) is 0 Å². The van der Waals surface area contributed by atoms with Crippen LogP contribution in [0.15, 0.2) is 179 Å². The topological polar surface area (TPSA) is 522 Å². The maximum atomic E-state index is 12.6. The van der Waals surface area contributed by atoms with E-state index >= 15 is 0 Å². The molecule has 0 saturated carbocycles. The number of rotatable bonds is 33. The molecule has 0 bridgehead atoms. The average molecular weight is 2080 g/mol. The molecule has 0 aliphatic carbocycles. The third kappa shape index (κ3) is 36.0. The molecule has 5 heterocycles. The molecule has 7 aromatic carbocycles. The first kappa shape index (κ1) is 105. The Bertz CT molecular complexity index is 5390. The average Bonchev–Trinajstić information content (AvgIpc) is 0.831. The number of carbonyl (C=O) groups is 9. The van der Waals surface area contributed by atoms with Crippen LogP contribution in [0.2, 0.25) is 15.1 Å². The van der Waals surface area contributed by atoms with Gasteiger partial charge in [0, 0.05) is 144 Å². The van der Waals surface area contributed by atoms with Gasteiger partial charge in [-0.25, -0.2) is 0 Å². The van der Waals surface area contributed by atoms with Gasteiger partial charge in [-0.1, -0.05) is 115 Å². The summed E-state index contributed by atoms with van der Waals surface area (Å²) in [5.74, 6) is -2.61. The number of carboxylic acid groups (broad SMARTS) is 1. The van der Waals surface area contributed by atoms with Crippen molar-refractivity contribution in [2.45, 2.75) is 134 Å². The third-order valence-electron chi connectivity index (χ3n) is 20.8. The van der Waals surface area contributed by atoms with Gasteiger partial charge < -0.3 is 105 Å². The summed E-state index contributed by atoms with van der Waals surface area (Å²) in [6, 6.07) is 36.9. The highest BCUT2D eigenvalue weighted by molar-refractivity contribution is 9.11. The Morgan fingerprint density at radius 3 is 0.977 bits per heavy atom. The molecule has 0 fully saturated rings. The first-order valence-corrected chi connectivity index (χ1v) is 46.2. The van der Waals surface area contributed by atoms with Crippen LogP contribution >= 0.6 is 82.6 Å². The minimum Gasteiger partial charge on any atom is -0.508 e. The number of nitrogens with zero attached hydrogens (tertiary/aromatic N) is 5. The minimum atomic E-state index is -1.02. The summed E-state index contributed by atoms with van der Waals surface area (Å²) in [4.78, 5) is 133. The quantitative estimate of drug-likeness (QED) is 0.0182. The third-order valence-corrected chi connectivity index (χ3v) is 22.8. The number of anilines is 4. The second-order valence-electron chi connectivity index (χ2n) is 32.0. The van der Waals surface area contributed by atoms with E-state index in [9.17, 15) is 84.0 Å². The number of aliphatic imine (C=N–C) groups is 4. The monoisotopic (exact) mass is 2080 g/mol. The van der Waals surface area contributed by atoms with Gasteiger partial charge >= 0.3 is 5.97 Å². The zero-order valence-electron chi connectivity index (χ0n) is 73.4. The van der Waals surface area contributed by atoms with Crippen LogP contribution in [-0.2, 0) is 24.0 Å².